The van der Waals surface area contributed by atoms with Crippen molar-refractivity contribution in [1.29, 1.82) is 0 Å². The van der Waals surface area contributed by atoms with E-state index in [-0.39, 0.29) is 23.1 Å². The van der Waals surface area contributed by atoms with Crippen molar-refractivity contribution in [3.8, 4) is 0 Å². The van der Waals surface area contributed by atoms with Crippen molar-refractivity contribution in [2.45, 2.75) is 145 Å². The van der Waals surface area contributed by atoms with Gasteiger partial charge in [-0.05, 0) is 105 Å². The van der Waals surface area contributed by atoms with E-state index in [0.29, 0.717) is 95.0 Å². The molecule has 0 saturated heterocycles. The molecule has 17 rings (SSSR count). The monoisotopic (exact) mass is 1580 g/mol. The second-order valence-electron chi connectivity index (χ2n) is 26.6. The fraction of sp³-hybridized carbons (Fsp3) is 0.271. The van der Waals surface area contributed by atoms with Crippen molar-refractivity contribution < 1.29 is 36.8 Å². The summed E-state index contributed by atoms with van der Waals surface area (Å²) in [5, 5.41) is 41.0. The van der Waals surface area contributed by atoms with Crippen LogP contribution in [0.4, 0.5) is 0 Å². The van der Waals surface area contributed by atoms with E-state index < -0.39 is 0 Å². The van der Waals surface area contributed by atoms with Crippen molar-refractivity contribution in [3.05, 3.63) is 230 Å². The Kier molecular flexibility index (Phi) is 26.8. The first kappa shape index (κ1) is 78.2. The summed E-state index contributed by atoms with van der Waals surface area (Å²) < 4.78 is 29.8. The maximum atomic E-state index is 12.3. The van der Waals surface area contributed by atoms with E-state index in [4.69, 9.17) is 32.6 Å². The molecular weight excluding hydrogens is 1500 g/mol. The van der Waals surface area contributed by atoms with Crippen LogP contribution in [0.15, 0.2) is 239 Å². The van der Waals surface area contributed by atoms with Crippen LogP contribution < -0.4 is 0 Å². The van der Waals surface area contributed by atoms with E-state index in [2.05, 4.69) is 145 Å². The highest BCUT2D eigenvalue weighted by Gasteiger charge is 2.21. The van der Waals surface area contributed by atoms with Crippen LogP contribution in [-0.4, -0.2) is 125 Å². The van der Waals surface area contributed by atoms with Gasteiger partial charge in [-0.3, -0.25) is 19.2 Å². The second-order valence-corrected chi connectivity index (χ2v) is 30.3. The molecule has 12 aromatic heterocycles. The predicted octanol–water partition coefficient (Wildman–Crippen LogP) is 17.9. The van der Waals surface area contributed by atoms with Crippen LogP contribution in [0.5, 0.6) is 0 Å². The lowest BCUT2D eigenvalue weighted by Gasteiger charge is -2.07. The molecule has 0 aliphatic heterocycles. The number of nitrogens with zero attached hydrogens (tertiary/aromatic N) is 16. The van der Waals surface area contributed by atoms with Crippen molar-refractivity contribution in [1.82, 2.24) is 79.0 Å². The summed E-state index contributed by atoms with van der Waals surface area (Å²) in [7, 11) is 0. The zero-order chi connectivity index (χ0) is 77.7. The van der Waals surface area contributed by atoms with E-state index in [1.165, 1.54) is 52.6 Å². The lowest BCUT2D eigenvalue weighted by molar-refractivity contribution is -0.117. The van der Waals surface area contributed by atoms with Gasteiger partial charge in [0.15, 0.2) is 22.6 Å². The van der Waals surface area contributed by atoms with E-state index in [0.717, 1.165) is 163 Å². The summed E-state index contributed by atoms with van der Waals surface area (Å²) >= 11 is 5.35. The highest BCUT2D eigenvalue weighted by molar-refractivity contribution is 8.00. The summed E-state index contributed by atoms with van der Waals surface area (Å²) in [6.45, 7) is 9.76. The number of hydrogen-bond acceptors (Lipinski definition) is 24. The molecular formula is C85H82N16O8S4. The standard InChI is InChI=1S/C25H22N4O2S.C21H22N4O2S.C20H20N4O2S.C19H18N4O2S/c30-19(12-13-20-9-6-16-31-20)17-32-25-26-24-23(27-28-25)21-10-4-5-11-22(21)29(24)15-14-18-7-2-1-3-8-18;1-2-3-12-25-18-9-5-4-8-17(18)19-20(25)22-21(24-23-19)28-14-15(26)10-11-16-7-6-13-27-16;1-2-11-24-17-8-4-3-7-16(17)18-19(24)21-20(23-22-18)27-13-14(25)9-10-15-6-5-12-26-15;1-2-23-16-8-4-3-7-15(16)17-18(23)20-19(22-21-17)26-12-13(24)9-10-14-6-5-11-25-14/h1-11,16H,12-15,17H2;4-9,13H,2-3,10-12,14H2,1H3;3-8,12H,2,9-11,13H2,1H3;3-8,11H,2,9-10,12H2,1H3. The van der Waals surface area contributed by atoms with Crippen LogP contribution in [0.1, 0.15) is 94.3 Å². The SMILES string of the molecule is CCCCn1c2ccccc2c2nnc(SCC(=O)CCc3ccco3)nc21.CCCn1c2ccccc2c2nnc(SCC(=O)CCc3ccco3)nc21.CCn1c2ccccc2c2nnc(SCC(=O)CCc3ccco3)nc21.O=C(CCc1ccco1)CSc1nnc2c3ccccc3n(CCc3ccccc3)c2n1. The largest absolute Gasteiger partial charge is 0.469 e. The van der Waals surface area contributed by atoms with Crippen molar-refractivity contribution in [2.24, 2.45) is 0 Å². The van der Waals surface area contributed by atoms with Gasteiger partial charge in [0.25, 0.3) is 0 Å². The third-order valence-electron chi connectivity index (χ3n) is 18.8. The first-order valence-corrected chi connectivity index (χ1v) is 41.7. The highest BCUT2D eigenvalue weighted by atomic mass is 32.2. The summed E-state index contributed by atoms with van der Waals surface area (Å²) in [6, 6.07) is 57.9. The molecule has 0 radical (unpaired) electrons. The Balaban J connectivity index is 0.000000125. The number of aromatic nitrogens is 16. The van der Waals surface area contributed by atoms with Gasteiger partial charge in [0.1, 0.15) is 68.2 Å². The van der Waals surface area contributed by atoms with Gasteiger partial charge in [0, 0.05) is 99.1 Å². The predicted molar refractivity (Wildman–Crippen MR) is 443 cm³/mol. The number of rotatable bonds is 33. The Morgan fingerprint density at radius 2 is 0.611 bits per heavy atom. The summed E-state index contributed by atoms with van der Waals surface area (Å²) in [4.78, 5) is 67.6. The molecule has 5 aromatic carbocycles. The van der Waals surface area contributed by atoms with Crippen molar-refractivity contribution >= 4 is 158 Å². The average Bonchev–Trinajstić information content (AvgIpc) is 1.63. The number of para-hydroxylation sites is 4. The number of carbonyl (C=O) groups is 4. The van der Waals surface area contributed by atoms with Crippen LogP contribution in [-0.2, 0) is 77.5 Å². The van der Waals surface area contributed by atoms with Gasteiger partial charge in [0.2, 0.25) is 20.6 Å². The molecule has 0 aliphatic rings. The van der Waals surface area contributed by atoms with Gasteiger partial charge < -0.3 is 35.9 Å². The van der Waals surface area contributed by atoms with Crippen molar-refractivity contribution in [3.63, 3.8) is 0 Å². The molecule has 0 amide bonds. The molecule has 0 spiro atoms. The molecule has 28 heteroatoms. The Morgan fingerprint density at radius 3 is 0.920 bits per heavy atom. The minimum absolute atomic E-state index is 0.139. The van der Waals surface area contributed by atoms with Gasteiger partial charge in [-0.15, -0.1) is 40.8 Å². The first-order chi connectivity index (χ1) is 55.6. The molecule has 0 saturated carbocycles. The molecule has 24 nitrogen and oxygen atoms in total. The molecule has 113 heavy (non-hydrogen) atoms. The zero-order valence-corrected chi connectivity index (χ0v) is 66.0. The molecule has 0 bridgehead atoms. The van der Waals surface area contributed by atoms with Gasteiger partial charge in [-0.2, -0.15) is 0 Å². The van der Waals surface area contributed by atoms with Gasteiger partial charge >= 0.3 is 0 Å². The molecule has 17 aromatic rings. The van der Waals surface area contributed by atoms with Gasteiger partial charge in [0.05, 0.1) is 70.1 Å². The van der Waals surface area contributed by atoms with E-state index in [1.807, 2.05) is 115 Å². The molecule has 0 unspecified atom stereocenters. The second kappa shape index (κ2) is 38.7. The van der Waals surface area contributed by atoms with Crippen LogP contribution >= 0.6 is 47.0 Å². The number of unbranched alkanes of at least 4 members (excludes halogenated alkanes) is 1. The number of benzene rings is 5. The van der Waals surface area contributed by atoms with E-state index in [9.17, 15) is 19.2 Å². The number of carbonyl (C=O) groups excluding carboxylic acids is 4. The van der Waals surface area contributed by atoms with E-state index in [1.54, 1.807) is 25.1 Å². The van der Waals surface area contributed by atoms with Gasteiger partial charge in [-0.1, -0.05) is 170 Å². The fourth-order valence-electron chi connectivity index (χ4n) is 13.2. The molecule has 574 valence electrons. The number of ketones is 4. The quantitative estimate of drug-likeness (QED) is 0.0345. The van der Waals surface area contributed by atoms with Crippen LogP contribution in [0.25, 0.3) is 88.3 Å². The zero-order valence-electron chi connectivity index (χ0n) is 62.7. The maximum Gasteiger partial charge on any atom is 0.211 e. The van der Waals surface area contributed by atoms with Crippen LogP contribution in [0, 0.1) is 0 Å². The van der Waals surface area contributed by atoms with Crippen LogP contribution in [0.2, 0.25) is 0 Å². The Hall–Kier alpha value is -11.5. The molecule has 0 N–H and O–H groups in total. The Bertz CT molecular complexity index is 6030. The fourth-order valence-corrected chi connectivity index (χ4v) is 15.9. The molecule has 0 fully saturated rings. The lowest BCUT2D eigenvalue weighted by Crippen LogP contribution is -2.06. The number of hydrogen-bond donors (Lipinski definition) is 0. The number of fused-ring (bicyclic) bond motifs is 12. The summed E-state index contributed by atoms with van der Waals surface area (Å²) in [6.07, 6.45) is 14.8. The number of aryl methyl sites for hydroxylation is 9. The molecule has 0 aliphatic carbocycles. The summed E-state index contributed by atoms with van der Waals surface area (Å²) in [5.74, 6) is 5.22. The third-order valence-corrected chi connectivity index (χ3v) is 22.3. The smallest absolute Gasteiger partial charge is 0.211 e. The average molecular weight is 1580 g/mol. The molecule has 0 atom stereocenters. The van der Waals surface area contributed by atoms with Gasteiger partial charge in [-0.25, -0.2) is 19.9 Å². The summed E-state index contributed by atoms with van der Waals surface area (Å²) in [5.41, 5.74) is 12.2. The minimum Gasteiger partial charge on any atom is -0.469 e. The lowest BCUT2D eigenvalue weighted by atomic mass is 10.1. The number of furan rings is 4. The molecule has 12 heterocycles. The Morgan fingerprint density at radius 1 is 0.310 bits per heavy atom. The topological polar surface area (TPSA) is 295 Å². The third kappa shape index (κ3) is 19.7. The Labute approximate surface area is 667 Å². The first-order valence-electron chi connectivity index (χ1n) is 37.7. The van der Waals surface area contributed by atoms with E-state index >= 15 is 0 Å². The maximum absolute atomic E-state index is 12.3. The number of thioether (sulfide) groups is 4. The normalized spacial score (nSPS) is 11.4. The number of Topliss-reactive ketones (excluding diaryl/α,β-unsaturated/α-hetero) is 4. The van der Waals surface area contributed by atoms with Crippen LogP contribution in [0.3, 0.4) is 0 Å². The minimum atomic E-state index is 0.139. The highest BCUT2D eigenvalue weighted by Crippen LogP contribution is 2.33. The van der Waals surface area contributed by atoms with Crippen molar-refractivity contribution in [2.75, 3.05) is 23.0 Å².